The van der Waals surface area contributed by atoms with Crippen LogP contribution in [0, 0.1) is 6.92 Å². The zero-order valence-electron chi connectivity index (χ0n) is 22.5. The van der Waals surface area contributed by atoms with Crippen molar-refractivity contribution in [3.05, 3.63) is 98.5 Å². The van der Waals surface area contributed by atoms with Gasteiger partial charge in [0, 0.05) is 40.1 Å². The maximum Gasteiger partial charge on any atom is 0.244 e. The Labute approximate surface area is 251 Å². The van der Waals surface area contributed by atoms with Crippen LogP contribution in [0.25, 0.3) is 0 Å². The molecule has 1 N–H and O–H groups in total. The molecule has 3 aromatic rings. The van der Waals surface area contributed by atoms with Crippen LogP contribution in [0.4, 0.5) is 5.69 Å². The Kier molecular flexibility index (Phi) is 11.3. The minimum absolute atomic E-state index is 0.111. The molecule has 1 atom stereocenters. The largest absolute Gasteiger partial charge is 0.354 e. The van der Waals surface area contributed by atoms with E-state index in [1.165, 1.54) is 11.0 Å². The van der Waals surface area contributed by atoms with Gasteiger partial charge in [0.25, 0.3) is 0 Å². The van der Waals surface area contributed by atoms with E-state index in [4.69, 9.17) is 34.8 Å². The number of rotatable bonds is 12. The first-order valence-corrected chi connectivity index (χ1v) is 15.7. The number of carbonyl (C=O) groups is 2. The maximum atomic E-state index is 14.1. The summed E-state index contributed by atoms with van der Waals surface area (Å²) in [4.78, 5) is 29.0. The molecule has 0 unspecified atom stereocenters. The summed E-state index contributed by atoms with van der Waals surface area (Å²) in [5.74, 6) is -0.972. The van der Waals surface area contributed by atoms with Crippen LogP contribution in [0.2, 0.25) is 15.1 Å². The van der Waals surface area contributed by atoms with Crippen LogP contribution in [-0.4, -0.2) is 50.5 Å². The third kappa shape index (κ3) is 8.36. The number of hydrogen-bond acceptors (Lipinski definition) is 4. The molecule has 0 aliphatic heterocycles. The van der Waals surface area contributed by atoms with E-state index in [0.29, 0.717) is 39.2 Å². The van der Waals surface area contributed by atoms with Crippen molar-refractivity contribution in [3.63, 3.8) is 0 Å². The quantitative estimate of drug-likeness (QED) is 0.272. The molecule has 40 heavy (non-hydrogen) atoms. The Hall–Kier alpha value is -2.78. The van der Waals surface area contributed by atoms with Gasteiger partial charge in [0.05, 0.1) is 11.9 Å². The summed E-state index contributed by atoms with van der Waals surface area (Å²) in [7, 11) is -3.92. The van der Waals surface area contributed by atoms with Crippen LogP contribution in [-0.2, 0) is 32.6 Å². The van der Waals surface area contributed by atoms with Gasteiger partial charge >= 0.3 is 0 Å². The highest BCUT2D eigenvalue weighted by atomic mass is 35.5. The lowest BCUT2D eigenvalue weighted by Gasteiger charge is -2.34. The van der Waals surface area contributed by atoms with Gasteiger partial charge in [-0.3, -0.25) is 13.9 Å². The molecule has 0 fully saturated rings. The molecule has 0 aliphatic rings. The van der Waals surface area contributed by atoms with Crippen LogP contribution < -0.4 is 9.62 Å². The first-order valence-electron chi connectivity index (χ1n) is 12.7. The monoisotopic (exact) mass is 623 g/mol. The molecule has 0 aromatic heterocycles. The fourth-order valence-corrected chi connectivity index (χ4v) is 5.80. The lowest BCUT2D eigenvalue weighted by atomic mass is 10.0. The predicted octanol–water partition coefficient (Wildman–Crippen LogP) is 5.89. The number of aryl methyl sites for hydroxylation is 1. The Balaban J connectivity index is 2.11. The summed E-state index contributed by atoms with van der Waals surface area (Å²) in [6.07, 6.45) is 1.91. The van der Waals surface area contributed by atoms with Crippen molar-refractivity contribution in [2.75, 3.05) is 23.7 Å². The maximum absolute atomic E-state index is 14.1. The van der Waals surface area contributed by atoms with E-state index in [-0.39, 0.29) is 24.6 Å². The van der Waals surface area contributed by atoms with Gasteiger partial charge in [-0.25, -0.2) is 8.42 Å². The van der Waals surface area contributed by atoms with Gasteiger partial charge in [-0.1, -0.05) is 84.2 Å². The number of hydrogen-bond donors (Lipinski definition) is 1. The Morgan fingerprint density at radius 2 is 1.60 bits per heavy atom. The van der Waals surface area contributed by atoms with Crippen molar-refractivity contribution < 1.29 is 18.0 Å². The van der Waals surface area contributed by atoms with Gasteiger partial charge < -0.3 is 10.2 Å². The molecule has 2 amide bonds. The molecule has 0 radical (unpaired) electrons. The number of carbonyl (C=O) groups excluding carboxylic acids is 2. The van der Waals surface area contributed by atoms with Gasteiger partial charge in [0.1, 0.15) is 12.6 Å². The van der Waals surface area contributed by atoms with E-state index >= 15 is 0 Å². The van der Waals surface area contributed by atoms with E-state index < -0.39 is 28.5 Å². The zero-order chi connectivity index (χ0) is 29.4. The second kappa shape index (κ2) is 14.2. The number of nitrogens with one attached hydrogen (secondary N) is 1. The van der Waals surface area contributed by atoms with Gasteiger partial charge in [-0.05, 0) is 48.7 Å². The standard InChI is InChI=1S/C29H32Cl3N3O4S/c1-4-15-33-29(37)27(16-21-9-6-5-7-10-21)34(18-23-24(31)11-8-12-25(23)32)28(36)19-35(40(3,38)39)26-17-22(30)14-13-20(26)2/h5-14,17,27H,4,15-16,18-19H2,1-3H3,(H,33,37)/t27-/m1/s1. The van der Waals surface area contributed by atoms with Crippen LogP contribution in [0.1, 0.15) is 30.0 Å². The highest BCUT2D eigenvalue weighted by Gasteiger charge is 2.34. The number of sulfonamides is 1. The summed E-state index contributed by atoms with van der Waals surface area (Å²) in [6, 6.07) is 18.1. The first-order chi connectivity index (χ1) is 18.9. The van der Waals surface area contributed by atoms with Crippen LogP contribution in [0.15, 0.2) is 66.7 Å². The van der Waals surface area contributed by atoms with Crippen molar-refractivity contribution in [2.24, 2.45) is 0 Å². The summed E-state index contributed by atoms with van der Waals surface area (Å²) in [5.41, 5.74) is 2.16. The van der Waals surface area contributed by atoms with Crippen molar-refractivity contribution in [1.82, 2.24) is 10.2 Å². The molecule has 0 saturated carbocycles. The Morgan fingerprint density at radius 3 is 2.20 bits per heavy atom. The lowest BCUT2D eigenvalue weighted by molar-refractivity contribution is -0.140. The zero-order valence-corrected chi connectivity index (χ0v) is 25.6. The average molecular weight is 625 g/mol. The Bertz CT molecular complexity index is 1430. The van der Waals surface area contributed by atoms with Gasteiger partial charge in [0.15, 0.2) is 0 Å². The number of halogens is 3. The van der Waals surface area contributed by atoms with E-state index in [0.717, 1.165) is 16.1 Å². The van der Waals surface area contributed by atoms with Crippen molar-refractivity contribution in [2.45, 2.75) is 39.3 Å². The summed E-state index contributed by atoms with van der Waals surface area (Å²) in [5, 5.41) is 3.85. The number of benzene rings is 3. The third-order valence-electron chi connectivity index (χ3n) is 6.33. The molecule has 214 valence electrons. The molecule has 11 heteroatoms. The minimum atomic E-state index is -3.92. The highest BCUT2D eigenvalue weighted by molar-refractivity contribution is 7.92. The van der Waals surface area contributed by atoms with Gasteiger partial charge in [0.2, 0.25) is 21.8 Å². The smallest absolute Gasteiger partial charge is 0.244 e. The second-order valence-electron chi connectivity index (χ2n) is 9.42. The molecule has 3 aromatic carbocycles. The van der Waals surface area contributed by atoms with Crippen molar-refractivity contribution in [3.8, 4) is 0 Å². The summed E-state index contributed by atoms with van der Waals surface area (Å²) < 4.78 is 26.9. The number of anilines is 1. The Morgan fingerprint density at radius 1 is 0.950 bits per heavy atom. The van der Waals surface area contributed by atoms with Crippen LogP contribution in [0.3, 0.4) is 0 Å². The van der Waals surface area contributed by atoms with Gasteiger partial charge in [-0.2, -0.15) is 0 Å². The van der Waals surface area contributed by atoms with Crippen molar-refractivity contribution in [1.29, 1.82) is 0 Å². The predicted molar refractivity (Wildman–Crippen MR) is 163 cm³/mol. The molecular formula is C29H32Cl3N3O4S. The van der Waals surface area contributed by atoms with Gasteiger partial charge in [-0.15, -0.1) is 0 Å². The minimum Gasteiger partial charge on any atom is -0.354 e. The molecule has 0 saturated heterocycles. The molecule has 0 spiro atoms. The lowest BCUT2D eigenvalue weighted by Crippen LogP contribution is -2.53. The molecule has 3 rings (SSSR count). The van der Waals surface area contributed by atoms with E-state index in [2.05, 4.69) is 5.32 Å². The van der Waals surface area contributed by atoms with E-state index in [1.807, 2.05) is 37.3 Å². The number of amides is 2. The normalized spacial score (nSPS) is 12.1. The molecular weight excluding hydrogens is 593 g/mol. The van der Waals surface area contributed by atoms with Crippen LogP contribution in [0.5, 0.6) is 0 Å². The molecule has 0 aliphatic carbocycles. The SMILES string of the molecule is CCCNC(=O)[C@@H](Cc1ccccc1)N(Cc1c(Cl)cccc1Cl)C(=O)CN(c1cc(Cl)ccc1C)S(C)(=O)=O. The third-order valence-corrected chi connectivity index (χ3v) is 8.40. The fraction of sp³-hybridized carbons (Fsp3) is 0.310. The second-order valence-corrected chi connectivity index (χ2v) is 12.6. The topological polar surface area (TPSA) is 86.8 Å². The number of nitrogens with zero attached hydrogens (tertiary/aromatic N) is 2. The molecule has 0 heterocycles. The summed E-state index contributed by atoms with van der Waals surface area (Å²) in [6.45, 7) is 3.40. The molecule has 0 bridgehead atoms. The summed E-state index contributed by atoms with van der Waals surface area (Å²) >= 11 is 19.1. The highest BCUT2D eigenvalue weighted by Crippen LogP contribution is 2.29. The van der Waals surface area contributed by atoms with Crippen molar-refractivity contribution >= 4 is 62.3 Å². The van der Waals surface area contributed by atoms with E-state index in [1.54, 1.807) is 37.3 Å². The molecule has 7 nitrogen and oxygen atoms in total. The van der Waals surface area contributed by atoms with E-state index in [9.17, 15) is 18.0 Å². The first kappa shape index (κ1) is 31.7. The van der Waals surface area contributed by atoms with Crippen LogP contribution >= 0.6 is 34.8 Å². The average Bonchev–Trinajstić information content (AvgIpc) is 2.90. The fourth-order valence-electron chi connectivity index (χ4n) is 4.22.